The van der Waals surface area contributed by atoms with Crippen molar-refractivity contribution in [1.29, 1.82) is 0 Å². The Bertz CT molecular complexity index is 3260. The number of hydrogen-bond donors (Lipinski definition) is 0. The minimum Gasteiger partial charge on any atom is -0.456 e. The van der Waals surface area contributed by atoms with Crippen molar-refractivity contribution in [2.45, 2.75) is 38.5 Å². The summed E-state index contributed by atoms with van der Waals surface area (Å²) in [6.45, 7) is 9.48. The van der Waals surface area contributed by atoms with E-state index in [9.17, 15) is 0 Å². The van der Waals surface area contributed by atoms with Crippen molar-refractivity contribution in [2.75, 3.05) is 0 Å². The van der Waals surface area contributed by atoms with Crippen molar-refractivity contribution < 1.29 is 4.42 Å². The Kier molecular flexibility index (Phi) is 5.98. The van der Waals surface area contributed by atoms with E-state index in [0.29, 0.717) is 0 Å². The minimum atomic E-state index is -0.145. The Hall–Kier alpha value is -6.44. The number of benzene rings is 9. The molecule has 2 aliphatic rings. The lowest BCUT2D eigenvalue weighted by Crippen LogP contribution is -2.14. The quantitative estimate of drug-likeness (QED) is 0.163. The molecule has 9 aromatic carbocycles. The maximum atomic E-state index is 6.31. The fraction of sp³-hybridized carbons (Fsp3) is 0.111. The molecule has 1 heteroatoms. The first kappa shape index (κ1) is 31.0. The van der Waals surface area contributed by atoms with Gasteiger partial charge in [0, 0.05) is 21.6 Å². The van der Waals surface area contributed by atoms with Gasteiger partial charge in [0.15, 0.2) is 0 Å². The largest absolute Gasteiger partial charge is 0.456 e. The molecule has 0 aliphatic heterocycles. The standard InChI is InChI=1S/C54H38O/c1-53(2)44-19-11-9-13-34(44)41-28-32(21-24-45(41)53)50-35-14-5-7-16-37(35)51(38-17-8-6-15-36(38)50)33-22-25-46-42(29-33)43-27-31-23-26-49-52(39-18-10-12-20-48(39)55-49)40(31)30-47(43)54(46,3)4/h5-30H,1-4H3. The van der Waals surface area contributed by atoms with Gasteiger partial charge in [-0.2, -0.15) is 0 Å². The normalized spacial score (nSPS) is 14.8. The molecular formula is C54H38O. The summed E-state index contributed by atoms with van der Waals surface area (Å²) in [6.07, 6.45) is 0. The topological polar surface area (TPSA) is 13.1 Å². The molecule has 0 spiro atoms. The predicted molar refractivity (Wildman–Crippen MR) is 232 cm³/mol. The molecule has 0 radical (unpaired) electrons. The first-order chi connectivity index (χ1) is 26.8. The van der Waals surface area contributed by atoms with E-state index in [1.807, 2.05) is 0 Å². The van der Waals surface area contributed by atoms with Gasteiger partial charge in [0.1, 0.15) is 11.2 Å². The zero-order valence-electron chi connectivity index (χ0n) is 31.4. The lowest BCUT2D eigenvalue weighted by atomic mass is 9.80. The molecule has 1 aromatic heterocycles. The average molecular weight is 703 g/mol. The van der Waals surface area contributed by atoms with Crippen molar-refractivity contribution in [1.82, 2.24) is 0 Å². The van der Waals surface area contributed by atoms with E-state index in [1.54, 1.807) is 0 Å². The van der Waals surface area contributed by atoms with Crippen LogP contribution in [0.25, 0.3) is 98.8 Å². The summed E-state index contributed by atoms with van der Waals surface area (Å²) in [7, 11) is 0. The third-order valence-corrected chi connectivity index (χ3v) is 13.2. The van der Waals surface area contributed by atoms with Crippen molar-refractivity contribution in [3.63, 3.8) is 0 Å². The first-order valence-electron chi connectivity index (χ1n) is 19.5. The molecule has 0 saturated carbocycles. The molecule has 1 heterocycles. The third kappa shape index (κ3) is 4.03. The summed E-state index contributed by atoms with van der Waals surface area (Å²) >= 11 is 0. The van der Waals surface area contributed by atoms with Gasteiger partial charge in [0.05, 0.1) is 0 Å². The smallest absolute Gasteiger partial charge is 0.136 e. The number of para-hydroxylation sites is 1. The van der Waals surface area contributed by atoms with Gasteiger partial charge in [-0.1, -0.05) is 149 Å². The van der Waals surface area contributed by atoms with E-state index < -0.39 is 0 Å². The second-order valence-corrected chi connectivity index (χ2v) is 16.8. The van der Waals surface area contributed by atoms with E-state index in [0.717, 1.165) is 11.2 Å². The van der Waals surface area contributed by atoms with Crippen molar-refractivity contribution in [3.8, 4) is 44.5 Å². The van der Waals surface area contributed by atoms with Crippen LogP contribution in [0.2, 0.25) is 0 Å². The molecule has 10 aromatic rings. The van der Waals surface area contributed by atoms with Crippen molar-refractivity contribution in [2.24, 2.45) is 0 Å². The van der Waals surface area contributed by atoms with Crippen LogP contribution >= 0.6 is 0 Å². The second-order valence-electron chi connectivity index (χ2n) is 16.8. The molecule has 0 amide bonds. The van der Waals surface area contributed by atoms with Gasteiger partial charge in [-0.25, -0.2) is 0 Å². The summed E-state index contributed by atoms with van der Waals surface area (Å²) in [4.78, 5) is 0. The third-order valence-electron chi connectivity index (χ3n) is 13.2. The molecule has 55 heavy (non-hydrogen) atoms. The molecule has 0 saturated heterocycles. The second kappa shape index (κ2) is 10.6. The summed E-state index contributed by atoms with van der Waals surface area (Å²) in [5.74, 6) is 0. The van der Waals surface area contributed by atoms with Gasteiger partial charge in [-0.05, 0) is 135 Å². The van der Waals surface area contributed by atoms with E-state index in [2.05, 4.69) is 185 Å². The van der Waals surface area contributed by atoms with Crippen molar-refractivity contribution in [3.05, 3.63) is 180 Å². The molecule has 0 fully saturated rings. The highest BCUT2D eigenvalue weighted by Crippen LogP contribution is 2.54. The molecule has 1 nitrogen and oxygen atoms in total. The molecule has 0 N–H and O–H groups in total. The fourth-order valence-electron chi connectivity index (χ4n) is 10.6. The van der Waals surface area contributed by atoms with E-state index >= 15 is 0 Å². The Labute approximate surface area is 320 Å². The zero-order valence-corrected chi connectivity index (χ0v) is 31.4. The van der Waals surface area contributed by atoms with Gasteiger partial charge in [0.25, 0.3) is 0 Å². The monoisotopic (exact) mass is 702 g/mol. The molecule has 12 rings (SSSR count). The number of furan rings is 1. The van der Waals surface area contributed by atoms with Crippen LogP contribution in [0.15, 0.2) is 162 Å². The van der Waals surface area contributed by atoms with Gasteiger partial charge in [-0.15, -0.1) is 0 Å². The predicted octanol–water partition coefficient (Wildman–Crippen LogP) is 15.0. The molecule has 0 unspecified atom stereocenters. The number of hydrogen-bond acceptors (Lipinski definition) is 1. The minimum absolute atomic E-state index is 0.0225. The van der Waals surface area contributed by atoms with Crippen LogP contribution in [0.1, 0.15) is 49.9 Å². The summed E-state index contributed by atoms with van der Waals surface area (Å²) < 4.78 is 6.31. The van der Waals surface area contributed by atoms with Gasteiger partial charge < -0.3 is 4.42 Å². The van der Waals surface area contributed by atoms with E-state index in [-0.39, 0.29) is 10.8 Å². The number of fused-ring (bicyclic) bond motifs is 13. The van der Waals surface area contributed by atoms with Gasteiger partial charge in [-0.3, -0.25) is 0 Å². The van der Waals surface area contributed by atoms with Crippen LogP contribution in [0.5, 0.6) is 0 Å². The van der Waals surface area contributed by atoms with Gasteiger partial charge >= 0.3 is 0 Å². The zero-order chi connectivity index (χ0) is 36.8. The highest BCUT2D eigenvalue weighted by molar-refractivity contribution is 6.22. The first-order valence-corrected chi connectivity index (χ1v) is 19.5. The molecule has 0 bridgehead atoms. The SMILES string of the molecule is CC1(C)c2ccccc2-c2cc(-c3c4ccccc4c(-c4ccc5c(c4)-c4cc6ccc7oc8ccccc8c7c6cc4C5(C)C)c4ccccc34)ccc21. The maximum absolute atomic E-state index is 6.31. The van der Waals surface area contributed by atoms with Gasteiger partial charge in [0.2, 0.25) is 0 Å². The lowest BCUT2D eigenvalue weighted by Gasteiger charge is -2.23. The van der Waals surface area contributed by atoms with E-state index in [4.69, 9.17) is 4.42 Å². The Morgan fingerprint density at radius 3 is 1.47 bits per heavy atom. The molecule has 260 valence electrons. The Morgan fingerprint density at radius 2 is 0.836 bits per heavy atom. The summed E-state index contributed by atoms with van der Waals surface area (Å²) in [5, 5.41) is 10.0. The highest BCUT2D eigenvalue weighted by Gasteiger charge is 2.37. The average Bonchev–Trinajstić information content (AvgIpc) is 3.78. The van der Waals surface area contributed by atoms with Crippen LogP contribution in [-0.4, -0.2) is 0 Å². The van der Waals surface area contributed by atoms with Crippen LogP contribution in [0.3, 0.4) is 0 Å². The summed E-state index contributed by atoms with van der Waals surface area (Å²) in [6, 6.07) is 59.1. The van der Waals surface area contributed by atoms with Crippen LogP contribution in [-0.2, 0) is 10.8 Å². The van der Waals surface area contributed by atoms with Crippen molar-refractivity contribution >= 4 is 54.3 Å². The number of rotatable bonds is 2. The fourth-order valence-corrected chi connectivity index (χ4v) is 10.6. The maximum Gasteiger partial charge on any atom is 0.136 e. The van der Waals surface area contributed by atoms with E-state index in [1.165, 1.54) is 110 Å². The Balaban J connectivity index is 1.08. The molecule has 2 aliphatic carbocycles. The lowest BCUT2D eigenvalue weighted by molar-refractivity contribution is 0.660. The Morgan fingerprint density at radius 1 is 0.345 bits per heavy atom. The molecular weight excluding hydrogens is 665 g/mol. The van der Waals surface area contributed by atoms with Crippen LogP contribution in [0, 0.1) is 0 Å². The van der Waals surface area contributed by atoms with Crippen LogP contribution in [0.4, 0.5) is 0 Å². The summed E-state index contributed by atoms with van der Waals surface area (Å²) in [5.41, 5.74) is 17.7. The van der Waals surface area contributed by atoms with Crippen LogP contribution < -0.4 is 0 Å². The highest BCUT2D eigenvalue weighted by atomic mass is 16.3. The molecule has 0 atom stereocenters.